The van der Waals surface area contributed by atoms with E-state index in [0.29, 0.717) is 15.6 Å². The lowest BCUT2D eigenvalue weighted by molar-refractivity contribution is -0.135. The second-order valence-corrected chi connectivity index (χ2v) is 4.56. The van der Waals surface area contributed by atoms with Crippen molar-refractivity contribution in [3.05, 3.63) is 33.8 Å². The molecule has 0 aliphatic heterocycles. The maximum atomic E-state index is 12.0. The molecule has 0 saturated carbocycles. The third-order valence-electron chi connectivity index (χ3n) is 2.35. The molecule has 0 saturated heterocycles. The minimum absolute atomic E-state index is 0.0355. The average molecular weight is 286 g/mol. The molecule has 0 heterocycles. The van der Waals surface area contributed by atoms with Crippen molar-refractivity contribution in [1.29, 1.82) is 0 Å². The van der Waals surface area contributed by atoms with Gasteiger partial charge in [-0.15, -0.1) is 0 Å². The highest BCUT2D eigenvalue weighted by molar-refractivity contribution is 6.36. The van der Waals surface area contributed by atoms with E-state index in [4.69, 9.17) is 28.9 Å². The Morgan fingerprint density at radius 3 is 2.18 bits per heavy atom. The van der Waals surface area contributed by atoms with Crippen molar-refractivity contribution in [1.82, 2.24) is 0 Å². The van der Waals surface area contributed by atoms with Crippen LogP contribution in [0.4, 0.5) is 13.2 Å². The molecule has 6 heteroatoms. The Labute approximate surface area is 108 Å². The summed E-state index contributed by atoms with van der Waals surface area (Å²) in [4.78, 5) is 0. The van der Waals surface area contributed by atoms with Gasteiger partial charge < -0.3 is 5.73 Å². The van der Waals surface area contributed by atoms with Crippen LogP contribution in [0, 0.1) is 0 Å². The van der Waals surface area contributed by atoms with Crippen molar-refractivity contribution in [2.24, 2.45) is 5.73 Å². The predicted octanol–water partition coefficient (Wildman–Crippen LogP) is 4.73. The summed E-state index contributed by atoms with van der Waals surface area (Å²) in [6, 6.07) is 4.33. The Bertz CT molecular complexity index is 359. The molecule has 0 spiro atoms. The van der Waals surface area contributed by atoms with E-state index < -0.39 is 18.6 Å². The van der Waals surface area contributed by atoms with Gasteiger partial charge in [0.25, 0.3) is 0 Å². The Morgan fingerprint density at radius 1 is 1.18 bits per heavy atom. The van der Waals surface area contributed by atoms with Gasteiger partial charge in [0.1, 0.15) is 0 Å². The number of hydrogen-bond donors (Lipinski definition) is 1. The maximum absolute atomic E-state index is 12.0. The van der Waals surface area contributed by atoms with Gasteiger partial charge in [0, 0.05) is 28.1 Å². The average Bonchev–Trinajstić information content (AvgIpc) is 2.15. The maximum Gasteiger partial charge on any atom is 0.389 e. The Kier molecular flexibility index (Phi) is 5.10. The summed E-state index contributed by atoms with van der Waals surface area (Å²) < 4.78 is 35.9. The third-order valence-corrected chi connectivity index (χ3v) is 3.01. The van der Waals surface area contributed by atoms with Crippen LogP contribution >= 0.6 is 23.2 Å². The summed E-state index contributed by atoms with van der Waals surface area (Å²) >= 11 is 11.8. The van der Waals surface area contributed by atoms with Gasteiger partial charge in [0.2, 0.25) is 0 Å². The van der Waals surface area contributed by atoms with Crippen LogP contribution in [0.5, 0.6) is 0 Å². The smallest absolute Gasteiger partial charge is 0.324 e. The van der Waals surface area contributed by atoms with Gasteiger partial charge in [0.05, 0.1) is 0 Å². The van der Waals surface area contributed by atoms with Crippen LogP contribution in [0.3, 0.4) is 0 Å². The lowest BCUT2D eigenvalue weighted by Crippen LogP contribution is -2.14. The van der Waals surface area contributed by atoms with Crippen LogP contribution in [0.15, 0.2) is 18.2 Å². The standard InChI is InChI=1S/C11H12Cl2F3N/c12-7-3-1-4-8(13)10(7)9(17)5-2-6-11(14,15)16/h1,3-4,9H,2,5-6,17H2. The Balaban J connectivity index is 2.61. The molecule has 96 valence electrons. The molecule has 2 N–H and O–H groups in total. The SMILES string of the molecule is NC(CCCC(F)(F)F)c1c(Cl)cccc1Cl. The van der Waals surface area contributed by atoms with Crippen molar-refractivity contribution in [2.45, 2.75) is 31.5 Å². The third kappa shape index (κ3) is 4.74. The van der Waals surface area contributed by atoms with Gasteiger partial charge in [-0.05, 0) is 25.0 Å². The van der Waals surface area contributed by atoms with Gasteiger partial charge in [-0.25, -0.2) is 0 Å². The van der Waals surface area contributed by atoms with Gasteiger partial charge >= 0.3 is 6.18 Å². The van der Waals surface area contributed by atoms with Gasteiger partial charge in [0.15, 0.2) is 0 Å². The Morgan fingerprint density at radius 2 is 1.71 bits per heavy atom. The molecule has 1 rings (SSSR count). The van der Waals surface area contributed by atoms with E-state index in [1.54, 1.807) is 18.2 Å². The monoisotopic (exact) mass is 285 g/mol. The summed E-state index contributed by atoms with van der Waals surface area (Å²) in [5.41, 5.74) is 6.30. The second-order valence-electron chi connectivity index (χ2n) is 3.75. The molecular formula is C11H12Cl2F3N. The quantitative estimate of drug-likeness (QED) is 0.851. The van der Waals surface area contributed by atoms with E-state index in [0.717, 1.165) is 0 Å². The van der Waals surface area contributed by atoms with E-state index in [1.807, 2.05) is 0 Å². The molecule has 0 aliphatic carbocycles. The molecule has 1 aromatic rings. The summed E-state index contributed by atoms with van der Waals surface area (Å²) in [6.45, 7) is 0. The van der Waals surface area contributed by atoms with Crippen LogP contribution in [-0.2, 0) is 0 Å². The fourth-order valence-electron chi connectivity index (χ4n) is 1.53. The normalized spacial score (nSPS) is 13.8. The number of nitrogens with two attached hydrogens (primary N) is 1. The molecule has 0 aliphatic rings. The molecule has 1 aromatic carbocycles. The van der Waals surface area contributed by atoms with Crippen LogP contribution < -0.4 is 5.73 Å². The molecule has 0 amide bonds. The second kappa shape index (κ2) is 5.94. The topological polar surface area (TPSA) is 26.0 Å². The highest BCUT2D eigenvalue weighted by atomic mass is 35.5. The summed E-state index contributed by atoms with van der Waals surface area (Å²) in [6.07, 6.45) is -4.83. The predicted molar refractivity (Wildman–Crippen MR) is 63.3 cm³/mol. The largest absolute Gasteiger partial charge is 0.389 e. The molecule has 1 nitrogen and oxygen atoms in total. The van der Waals surface area contributed by atoms with E-state index in [-0.39, 0.29) is 12.8 Å². The zero-order valence-corrected chi connectivity index (χ0v) is 10.4. The molecule has 0 fully saturated rings. The number of alkyl halides is 3. The van der Waals surface area contributed by atoms with Gasteiger partial charge in [-0.1, -0.05) is 29.3 Å². The fraction of sp³-hybridized carbons (Fsp3) is 0.455. The minimum Gasteiger partial charge on any atom is -0.324 e. The van der Waals surface area contributed by atoms with Crippen LogP contribution in [0.2, 0.25) is 10.0 Å². The van der Waals surface area contributed by atoms with Crippen molar-refractivity contribution >= 4 is 23.2 Å². The molecule has 0 bridgehead atoms. The first-order valence-corrected chi connectivity index (χ1v) is 5.83. The zero-order valence-electron chi connectivity index (χ0n) is 8.90. The highest BCUT2D eigenvalue weighted by Crippen LogP contribution is 2.32. The first-order chi connectivity index (χ1) is 7.81. The molecule has 1 atom stereocenters. The van der Waals surface area contributed by atoms with Crippen LogP contribution in [0.1, 0.15) is 30.9 Å². The lowest BCUT2D eigenvalue weighted by atomic mass is 10.0. The molecule has 17 heavy (non-hydrogen) atoms. The first-order valence-electron chi connectivity index (χ1n) is 5.07. The first kappa shape index (κ1) is 14.6. The molecular weight excluding hydrogens is 274 g/mol. The number of benzene rings is 1. The van der Waals surface area contributed by atoms with Crippen molar-refractivity contribution in [3.8, 4) is 0 Å². The van der Waals surface area contributed by atoms with Crippen LogP contribution in [0.25, 0.3) is 0 Å². The van der Waals surface area contributed by atoms with E-state index in [1.165, 1.54) is 0 Å². The summed E-state index contributed by atoms with van der Waals surface area (Å²) in [5.74, 6) is 0. The van der Waals surface area contributed by atoms with Crippen molar-refractivity contribution in [3.63, 3.8) is 0 Å². The number of hydrogen-bond acceptors (Lipinski definition) is 1. The lowest BCUT2D eigenvalue weighted by Gasteiger charge is -2.15. The minimum atomic E-state index is -4.15. The van der Waals surface area contributed by atoms with E-state index in [2.05, 4.69) is 0 Å². The number of rotatable bonds is 4. The highest BCUT2D eigenvalue weighted by Gasteiger charge is 2.26. The van der Waals surface area contributed by atoms with E-state index in [9.17, 15) is 13.2 Å². The Hall–Kier alpha value is -0.450. The van der Waals surface area contributed by atoms with Gasteiger partial charge in [-0.3, -0.25) is 0 Å². The number of halogens is 5. The molecule has 0 radical (unpaired) electrons. The fourth-order valence-corrected chi connectivity index (χ4v) is 2.21. The van der Waals surface area contributed by atoms with Crippen LogP contribution in [-0.4, -0.2) is 6.18 Å². The molecule has 0 aromatic heterocycles. The summed E-state index contributed by atoms with van der Waals surface area (Å²) in [5, 5.41) is 0.772. The molecule has 1 unspecified atom stereocenters. The van der Waals surface area contributed by atoms with E-state index >= 15 is 0 Å². The van der Waals surface area contributed by atoms with Gasteiger partial charge in [-0.2, -0.15) is 13.2 Å². The van der Waals surface area contributed by atoms with Crippen molar-refractivity contribution < 1.29 is 13.2 Å². The van der Waals surface area contributed by atoms with Crippen molar-refractivity contribution in [2.75, 3.05) is 0 Å². The summed E-state index contributed by atoms with van der Waals surface area (Å²) in [7, 11) is 0. The zero-order chi connectivity index (χ0) is 13.1.